The van der Waals surface area contributed by atoms with Gasteiger partial charge in [-0.15, -0.1) is 0 Å². The number of hydrogen-bond donors (Lipinski definition) is 2. The zero-order valence-electron chi connectivity index (χ0n) is 12.7. The molecule has 0 saturated carbocycles. The van der Waals surface area contributed by atoms with Gasteiger partial charge in [-0.1, -0.05) is 0 Å². The van der Waals surface area contributed by atoms with Gasteiger partial charge in [0.1, 0.15) is 11.3 Å². The number of alkyl halides is 2. The molecule has 0 fully saturated rings. The van der Waals surface area contributed by atoms with Gasteiger partial charge in [-0.3, -0.25) is 0 Å². The number of halogens is 2. The molecule has 2 N–H and O–H groups in total. The maximum absolute atomic E-state index is 13.0. The highest BCUT2D eigenvalue weighted by Crippen LogP contribution is 2.27. The summed E-state index contributed by atoms with van der Waals surface area (Å²) in [6.07, 6.45) is 1.91. The minimum Gasteiger partial charge on any atom is -0.354 e. The first-order chi connectivity index (χ1) is 11.7. The number of fused-ring (bicyclic) bond motifs is 2. The molecule has 0 bridgehead atoms. The minimum absolute atomic E-state index is 0.239. The van der Waals surface area contributed by atoms with E-state index in [0.717, 1.165) is 21.7 Å². The van der Waals surface area contributed by atoms with Crippen LogP contribution in [0.25, 0.3) is 27.9 Å². The number of anilines is 1. The molecule has 24 heavy (non-hydrogen) atoms. The van der Waals surface area contributed by atoms with Crippen LogP contribution >= 0.6 is 0 Å². The van der Waals surface area contributed by atoms with Crippen LogP contribution in [0, 0.1) is 0 Å². The van der Waals surface area contributed by atoms with E-state index < -0.39 is 6.43 Å². The molecule has 122 valence electrons. The Balaban J connectivity index is 1.84. The van der Waals surface area contributed by atoms with Crippen LogP contribution in [0.3, 0.4) is 0 Å². The number of hydrogen-bond acceptors (Lipinski definition) is 5. The lowest BCUT2D eigenvalue weighted by atomic mass is 10.2. The summed E-state index contributed by atoms with van der Waals surface area (Å²) in [6.45, 7) is 2.67. The standard InChI is InChI=1S/C15H13F2N7/c1-2-18-15-21-6-9-8(5-20-14(9)22-15)10-3-4-12-19-7-11(13(16)17)24(12)23-10/h3-7,13H,2H2,1H3,(H2,18,20,21,22). The van der Waals surface area contributed by atoms with Crippen LogP contribution in [0.5, 0.6) is 0 Å². The first-order valence-electron chi connectivity index (χ1n) is 7.38. The van der Waals surface area contributed by atoms with E-state index in [-0.39, 0.29) is 5.69 Å². The molecule has 9 heteroatoms. The molecular formula is C15H13F2N7. The largest absolute Gasteiger partial charge is 0.354 e. The Kier molecular flexibility index (Phi) is 3.33. The summed E-state index contributed by atoms with van der Waals surface area (Å²) in [4.78, 5) is 15.6. The Bertz CT molecular complexity index is 1020. The highest BCUT2D eigenvalue weighted by Gasteiger charge is 2.16. The molecular weight excluding hydrogens is 316 g/mol. The first kappa shape index (κ1) is 14.5. The fourth-order valence-corrected chi connectivity index (χ4v) is 2.55. The van der Waals surface area contributed by atoms with Gasteiger partial charge in [0.15, 0.2) is 5.65 Å². The average Bonchev–Trinajstić information content (AvgIpc) is 3.18. The molecule has 0 unspecified atom stereocenters. The number of nitrogens with zero attached hydrogens (tertiary/aromatic N) is 5. The molecule has 0 aromatic carbocycles. The third kappa shape index (κ3) is 2.25. The van der Waals surface area contributed by atoms with Gasteiger partial charge >= 0.3 is 0 Å². The van der Waals surface area contributed by atoms with Gasteiger partial charge in [0.25, 0.3) is 6.43 Å². The number of aromatic nitrogens is 6. The maximum Gasteiger partial charge on any atom is 0.282 e. The number of rotatable bonds is 4. The Morgan fingerprint density at radius 2 is 2.12 bits per heavy atom. The second-order valence-electron chi connectivity index (χ2n) is 5.16. The van der Waals surface area contributed by atoms with Crippen molar-refractivity contribution in [1.29, 1.82) is 0 Å². The molecule has 0 aliphatic carbocycles. The van der Waals surface area contributed by atoms with Crippen LogP contribution in [-0.2, 0) is 0 Å². The molecule has 4 aromatic heterocycles. The van der Waals surface area contributed by atoms with Crippen molar-refractivity contribution in [3.05, 3.63) is 36.4 Å². The van der Waals surface area contributed by atoms with Crippen LogP contribution in [0.4, 0.5) is 14.7 Å². The van der Waals surface area contributed by atoms with E-state index in [0.29, 0.717) is 29.5 Å². The van der Waals surface area contributed by atoms with E-state index in [1.165, 1.54) is 0 Å². The molecule has 0 amide bonds. The molecule has 0 spiro atoms. The summed E-state index contributed by atoms with van der Waals surface area (Å²) < 4.78 is 27.2. The smallest absolute Gasteiger partial charge is 0.282 e. The van der Waals surface area contributed by atoms with E-state index >= 15 is 0 Å². The Hall–Kier alpha value is -3.10. The van der Waals surface area contributed by atoms with Crippen LogP contribution in [0.15, 0.2) is 30.7 Å². The van der Waals surface area contributed by atoms with E-state index in [1.807, 2.05) is 6.92 Å². The fourth-order valence-electron chi connectivity index (χ4n) is 2.55. The minimum atomic E-state index is -2.64. The van der Waals surface area contributed by atoms with Gasteiger partial charge in [0, 0.05) is 29.9 Å². The van der Waals surface area contributed by atoms with Gasteiger partial charge in [-0.2, -0.15) is 10.1 Å². The maximum atomic E-state index is 13.0. The molecule has 0 atom stereocenters. The van der Waals surface area contributed by atoms with Crippen molar-refractivity contribution in [1.82, 2.24) is 29.5 Å². The third-order valence-corrected chi connectivity index (χ3v) is 3.66. The molecule has 4 heterocycles. The number of imidazole rings is 1. The van der Waals surface area contributed by atoms with Crippen molar-refractivity contribution in [2.75, 3.05) is 11.9 Å². The van der Waals surface area contributed by atoms with Crippen molar-refractivity contribution in [3.8, 4) is 11.3 Å². The second kappa shape index (κ2) is 5.52. The van der Waals surface area contributed by atoms with E-state index in [2.05, 4.69) is 30.4 Å². The lowest BCUT2D eigenvalue weighted by Crippen LogP contribution is -2.01. The highest BCUT2D eigenvalue weighted by atomic mass is 19.3. The molecule has 0 aliphatic rings. The van der Waals surface area contributed by atoms with Gasteiger partial charge < -0.3 is 10.3 Å². The molecule has 0 radical (unpaired) electrons. The monoisotopic (exact) mass is 329 g/mol. The van der Waals surface area contributed by atoms with E-state index in [4.69, 9.17) is 0 Å². The number of nitrogens with one attached hydrogen (secondary N) is 2. The number of H-pyrrole nitrogens is 1. The summed E-state index contributed by atoms with van der Waals surface area (Å²) in [6, 6.07) is 3.39. The van der Waals surface area contributed by atoms with Crippen molar-refractivity contribution < 1.29 is 8.78 Å². The van der Waals surface area contributed by atoms with Crippen LogP contribution < -0.4 is 5.32 Å². The Morgan fingerprint density at radius 3 is 2.92 bits per heavy atom. The summed E-state index contributed by atoms with van der Waals surface area (Å²) >= 11 is 0. The molecule has 7 nitrogen and oxygen atoms in total. The highest BCUT2D eigenvalue weighted by molar-refractivity contribution is 5.92. The Labute approximate surface area is 134 Å². The van der Waals surface area contributed by atoms with Crippen molar-refractivity contribution in [2.24, 2.45) is 0 Å². The van der Waals surface area contributed by atoms with Crippen molar-refractivity contribution in [2.45, 2.75) is 13.3 Å². The Morgan fingerprint density at radius 1 is 1.25 bits per heavy atom. The summed E-state index contributed by atoms with van der Waals surface area (Å²) in [7, 11) is 0. The molecule has 0 saturated heterocycles. The normalized spacial score (nSPS) is 11.7. The number of aromatic amines is 1. The summed E-state index contributed by atoms with van der Waals surface area (Å²) in [5.74, 6) is 0.524. The van der Waals surface area contributed by atoms with E-state index in [9.17, 15) is 8.78 Å². The predicted molar refractivity (Wildman–Crippen MR) is 85.0 cm³/mol. The zero-order chi connectivity index (χ0) is 16.7. The fraction of sp³-hybridized carbons (Fsp3) is 0.200. The van der Waals surface area contributed by atoms with Gasteiger partial charge in [-0.05, 0) is 19.1 Å². The van der Waals surface area contributed by atoms with Crippen LogP contribution in [0.2, 0.25) is 0 Å². The van der Waals surface area contributed by atoms with Crippen LogP contribution in [0.1, 0.15) is 19.0 Å². The lowest BCUT2D eigenvalue weighted by Gasteiger charge is -2.03. The van der Waals surface area contributed by atoms with Crippen molar-refractivity contribution in [3.63, 3.8) is 0 Å². The van der Waals surface area contributed by atoms with Gasteiger partial charge in [0.2, 0.25) is 5.95 Å². The molecule has 0 aliphatic heterocycles. The lowest BCUT2D eigenvalue weighted by molar-refractivity contribution is 0.143. The van der Waals surface area contributed by atoms with Gasteiger partial charge in [-0.25, -0.2) is 23.3 Å². The predicted octanol–water partition coefficient (Wildman–Crippen LogP) is 3.04. The van der Waals surface area contributed by atoms with Crippen molar-refractivity contribution >= 4 is 22.6 Å². The topological polar surface area (TPSA) is 83.8 Å². The average molecular weight is 329 g/mol. The first-order valence-corrected chi connectivity index (χ1v) is 7.38. The SMILES string of the molecule is CCNc1ncc2c(-c3ccc4ncc(C(F)F)n4n3)c[nH]c2n1. The van der Waals surface area contributed by atoms with Gasteiger partial charge in [0.05, 0.1) is 11.9 Å². The summed E-state index contributed by atoms with van der Waals surface area (Å²) in [5.41, 5.74) is 2.06. The summed E-state index contributed by atoms with van der Waals surface area (Å²) in [5, 5.41) is 8.09. The third-order valence-electron chi connectivity index (χ3n) is 3.66. The van der Waals surface area contributed by atoms with E-state index in [1.54, 1.807) is 24.5 Å². The molecule has 4 aromatic rings. The molecule has 4 rings (SSSR count). The van der Waals surface area contributed by atoms with Crippen LogP contribution in [-0.4, -0.2) is 36.1 Å². The second-order valence-corrected chi connectivity index (χ2v) is 5.16. The quantitative estimate of drug-likeness (QED) is 0.601. The zero-order valence-corrected chi connectivity index (χ0v) is 12.7.